The van der Waals surface area contributed by atoms with E-state index in [1.54, 1.807) is 0 Å². The third-order valence-corrected chi connectivity index (χ3v) is 2.72. The normalized spacial score (nSPS) is 10.6. The second kappa shape index (κ2) is 12.3. The molecule has 0 aliphatic carbocycles. The molecule has 0 N–H and O–H groups in total. The van der Waals surface area contributed by atoms with Gasteiger partial charge in [-0.05, 0) is 18.6 Å². The Morgan fingerprint density at radius 1 is 0.769 bits per heavy atom. The summed E-state index contributed by atoms with van der Waals surface area (Å²) in [7, 11) is 0. The maximum atomic E-state index is 4.20. The molecule has 0 spiro atoms. The molecular formula is C12H25S. The fourth-order valence-corrected chi connectivity index (χ4v) is 1.74. The van der Waals surface area contributed by atoms with Crippen LogP contribution in [0.15, 0.2) is 0 Å². The van der Waals surface area contributed by atoms with Crippen LogP contribution < -0.4 is 0 Å². The molecule has 0 amide bonds. The molecule has 0 saturated carbocycles. The van der Waals surface area contributed by atoms with Crippen molar-refractivity contribution in [3.8, 4) is 0 Å². The number of hydrogen-bond donors (Lipinski definition) is 1. The maximum absolute atomic E-state index is 4.20. The largest absolute Gasteiger partial charge is 0.179 e. The van der Waals surface area contributed by atoms with Crippen LogP contribution in [0.1, 0.15) is 64.7 Å². The zero-order valence-electron chi connectivity index (χ0n) is 9.10. The molecule has 0 atom stereocenters. The van der Waals surface area contributed by atoms with E-state index >= 15 is 0 Å². The van der Waals surface area contributed by atoms with Crippen molar-refractivity contribution < 1.29 is 0 Å². The van der Waals surface area contributed by atoms with Crippen LogP contribution in [0.5, 0.6) is 0 Å². The molecule has 0 aliphatic rings. The summed E-state index contributed by atoms with van der Waals surface area (Å²) < 4.78 is 0. The Morgan fingerprint density at radius 2 is 1.23 bits per heavy atom. The van der Waals surface area contributed by atoms with E-state index in [0.29, 0.717) is 0 Å². The van der Waals surface area contributed by atoms with Crippen LogP contribution in [-0.2, 0) is 0 Å². The molecule has 0 aliphatic heterocycles. The lowest BCUT2D eigenvalue weighted by Crippen LogP contribution is -1.82. The second-order valence-electron chi connectivity index (χ2n) is 3.75. The predicted octanol–water partition coefficient (Wildman–Crippen LogP) is 4.65. The van der Waals surface area contributed by atoms with Crippen molar-refractivity contribution in [3.63, 3.8) is 0 Å². The number of rotatable bonds is 10. The summed E-state index contributed by atoms with van der Waals surface area (Å²) in [6.07, 6.45) is 14.8. The van der Waals surface area contributed by atoms with Gasteiger partial charge in [0.05, 0.1) is 0 Å². The van der Waals surface area contributed by atoms with Crippen molar-refractivity contribution in [2.75, 3.05) is 5.75 Å². The van der Waals surface area contributed by atoms with Gasteiger partial charge in [-0.15, -0.1) is 0 Å². The predicted molar refractivity (Wildman–Crippen MR) is 65.4 cm³/mol. The van der Waals surface area contributed by atoms with E-state index in [2.05, 4.69) is 26.0 Å². The standard InChI is InChI=1S/C12H25S/c1-2-3-4-5-6-7-8-9-10-11-12-13/h2,13H,3-12H2,1H3. The first kappa shape index (κ1) is 13.4. The van der Waals surface area contributed by atoms with Crippen LogP contribution in [-0.4, -0.2) is 5.75 Å². The molecule has 0 aromatic rings. The topological polar surface area (TPSA) is 0 Å². The van der Waals surface area contributed by atoms with E-state index in [1.807, 2.05) is 0 Å². The summed E-state index contributed by atoms with van der Waals surface area (Å²) in [6, 6.07) is 0. The molecular weight excluding hydrogens is 176 g/mol. The van der Waals surface area contributed by atoms with Crippen LogP contribution >= 0.6 is 12.6 Å². The fourth-order valence-electron chi connectivity index (χ4n) is 1.52. The zero-order valence-corrected chi connectivity index (χ0v) is 9.99. The molecule has 0 heterocycles. The minimum absolute atomic E-state index is 1.06. The van der Waals surface area contributed by atoms with E-state index in [-0.39, 0.29) is 0 Å². The Labute approximate surface area is 89.9 Å². The van der Waals surface area contributed by atoms with Gasteiger partial charge in [0.2, 0.25) is 0 Å². The van der Waals surface area contributed by atoms with Gasteiger partial charge in [-0.1, -0.05) is 58.3 Å². The van der Waals surface area contributed by atoms with Crippen molar-refractivity contribution in [2.45, 2.75) is 64.7 Å². The molecule has 0 rings (SSSR count). The second-order valence-corrected chi connectivity index (χ2v) is 4.20. The van der Waals surface area contributed by atoms with Crippen molar-refractivity contribution in [2.24, 2.45) is 0 Å². The summed E-state index contributed by atoms with van der Waals surface area (Å²) >= 11 is 4.20. The summed E-state index contributed by atoms with van der Waals surface area (Å²) in [4.78, 5) is 0. The molecule has 0 aromatic carbocycles. The summed E-state index contributed by atoms with van der Waals surface area (Å²) in [5.74, 6) is 1.06. The highest BCUT2D eigenvalue weighted by Crippen LogP contribution is 2.10. The van der Waals surface area contributed by atoms with E-state index in [0.717, 1.165) is 5.75 Å². The molecule has 1 radical (unpaired) electrons. The highest BCUT2D eigenvalue weighted by molar-refractivity contribution is 7.80. The lowest BCUT2D eigenvalue weighted by Gasteiger charge is -2.00. The Morgan fingerprint density at radius 3 is 1.69 bits per heavy atom. The monoisotopic (exact) mass is 201 g/mol. The van der Waals surface area contributed by atoms with Gasteiger partial charge in [0.1, 0.15) is 0 Å². The first-order chi connectivity index (χ1) is 6.41. The minimum atomic E-state index is 1.06. The highest BCUT2D eigenvalue weighted by atomic mass is 32.1. The Bertz CT molecular complexity index is 71.2. The van der Waals surface area contributed by atoms with Gasteiger partial charge in [0.15, 0.2) is 0 Å². The third kappa shape index (κ3) is 12.4. The summed E-state index contributed by atoms with van der Waals surface area (Å²) in [6.45, 7) is 2.15. The Kier molecular flexibility index (Phi) is 12.7. The molecule has 0 unspecified atom stereocenters. The molecule has 0 fully saturated rings. The quantitative estimate of drug-likeness (QED) is 0.386. The van der Waals surface area contributed by atoms with Crippen molar-refractivity contribution in [3.05, 3.63) is 6.42 Å². The maximum Gasteiger partial charge on any atom is -0.00979 e. The van der Waals surface area contributed by atoms with Gasteiger partial charge in [-0.25, -0.2) is 0 Å². The van der Waals surface area contributed by atoms with Crippen molar-refractivity contribution in [1.82, 2.24) is 0 Å². The van der Waals surface area contributed by atoms with Gasteiger partial charge >= 0.3 is 0 Å². The average Bonchev–Trinajstić information content (AvgIpc) is 2.16. The lowest BCUT2D eigenvalue weighted by atomic mass is 10.1. The SMILES string of the molecule is C[CH]CCCCCCCCCCS. The smallest absolute Gasteiger partial charge is 0.00979 e. The van der Waals surface area contributed by atoms with Gasteiger partial charge < -0.3 is 0 Å². The van der Waals surface area contributed by atoms with E-state index in [4.69, 9.17) is 0 Å². The number of hydrogen-bond acceptors (Lipinski definition) is 1. The Balaban J connectivity index is 2.76. The van der Waals surface area contributed by atoms with Crippen LogP contribution in [0.3, 0.4) is 0 Å². The van der Waals surface area contributed by atoms with Gasteiger partial charge in [-0.3, -0.25) is 0 Å². The van der Waals surface area contributed by atoms with E-state index in [1.165, 1.54) is 57.8 Å². The molecule has 0 nitrogen and oxygen atoms in total. The number of thiol groups is 1. The Hall–Kier alpha value is 0.350. The van der Waals surface area contributed by atoms with Gasteiger partial charge in [0, 0.05) is 0 Å². The third-order valence-electron chi connectivity index (χ3n) is 2.40. The molecule has 79 valence electrons. The molecule has 0 bridgehead atoms. The first-order valence-electron chi connectivity index (χ1n) is 5.80. The van der Waals surface area contributed by atoms with E-state index in [9.17, 15) is 0 Å². The molecule has 0 saturated heterocycles. The van der Waals surface area contributed by atoms with E-state index < -0.39 is 0 Å². The zero-order chi connectivity index (χ0) is 9.78. The summed E-state index contributed by atoms with van der Waals surface area (Å²) in [5.41, 5.74) is 0. The van der Waals surface area contributed by atoms with Gasteiger partial charge in [0.25, 0.3) is 0 Å². The average molecular weight is 201 g/mol. The molecule has 0 aromatic heterocycles. The number of unbranched alkanes of at least 4 members (excludes halogenated alkanes) is 9. The highest BCUT2D eigenvalue weighted by Gasteiger charge is 1.91. The van der Waals surface area contributed by atoms with Crippen LogP contribution in [0.25, 0.3) is 0 Å². The van der Waals surface area contributed by atoms with Crippen LogP contribution in [0.4, 0.5) is 0 Å². The van der Waals surface area contributed by atoms with Crippen LogP contribution in [0, 0.1) is 6.42 Å². The molecule has 13 heavy (non-hydrogen) atoms. The fraction of sp³-hybridized carbons (Fsp3) is 0.917. The molecule has 1 heteroatoms. The summed E-state index contributed by atoms with van der Waals surface area (Å²) in [5, 5.41) is 0. The minimum Gasteiger partial charge on any atom is -0.179 e. The van der Waals surface area contributed by atoms with Crippen molar-refractivity contribution >= 4 is 12.6 Å². The first-order valence-corrected chi connectivity index (χ1v) is 6.43. The lowest BCUT2D eigenvalue weighted by molar-refractivity contribution is 0.575. The van der Waals surface area contributed by atoms with Gasteiger partial charge in [-0.2, -0.15) is 12.6 Å². The van der Waals surface area contributed by atoms with Crippen molar-refractivity contribution in [1.29, 1.82) is 0 Å². The van der Waals surface area contributed by atoms with Crippen LogP contribution in [0.2, 0.25) is 0 Å².